The van der Waals surface area contributed by atoms with Gasteiger partial charge in [-0.05, 0) is 12.0 Å². The maximum Gasteiger partial charge on any atom is 0.213 e. The Hall–Kier alpha value is -1.60. The van der Waals surface area contributed by atoms with Crippen molar-refractivity contribution in [2.24, 2.45) is 5.92 Å². The molecule has 0 fully saturated rings. The monoisotopic (exact) mass is 247 g/mol. The molecule has 0 aliphatic carbocycles. The van der Waals surface area contributed by atoms with Crippen molar-refractivity contribution in [1.82, 2.24) is 9.88 Å². The highest BCUT2D eigenvalue weighted by molar-refractivity contribution is 5.15. The fraction of sp³-hybridized carbons (Fsp3) is 0.571. The lowest BCUT2D eigenvalue weighted by molar-refractivity contribution is 0.237. The maximum absolute atomic E-state index is 8.69. The first-order valence-corrected chi connectivity index (χ1v) is 6.25. The highest BCUT2D eigenvalue weighted by Gasteiger charge is 2.09. The average molecular weight is 247 g/mol. The van der Waals surface area contributed by atoms with E-state index in [-0.39, 0.29) is 0 Å². The summed E-state index contributed by atoms with van der Waals surface area (Å²) >= 11 is 0. The molecule has 0 aliphatic heterocycles. The number of hydrogen-bond donors (Lipinski definition) is 0. The molecule has 1 aromatic heterocycles. The second kappa shape index (κ2) is 7.67. The van der Waals surface area contributed by atoms with Gasteiger partial charge >= 0.3 is 0 Å². The standard InChI is InChI=1S/C14H21N3O/c1-12(2)10-17(9-5-8-15)11-13-6-4-7-14(16-13)18-3/h4,6-7,12H,5,9-11H2,1-3H3. The minimum absolute atomic E-state index is 0.552. The molecule has 0 spiro atoms. The van der Waals surface area contributed by atoms with Gasteiger partial charge in [0.1, 0.15) is 0 Å². The predicted octanol–water partition coefficient (Wildman–Crippen LogP) is 2.46. The Morgan fingerprint density at radius 3 is 2.83 bits per heavy atom. The van der Waals surface area contributed by atoms with Crippen LogP contribution in [0.5, 0.6) is 5.88 Å². The molecule has 4 nitrogen and oxygen atoms in total. The van der Waals surface area contributed by atoms with Gasteiger partial charge in [0.15, 0.2) is 0 Å². The van der Waals surface area contributed by atoms with E-state index in [1.54, 1.807) is 7.11 Å². The molecule has 1 aromatic rings. The van der Waals surface area contributed by atoms with Crippen molar-refractivity contribution in [3.8, 4) is 11.9 Å². The molecule has 0 saturated carbocycles. The van der Waals surface area contributed by atoms with Crippen LogP contribution in [0.25, 0.3) is 0 Å². The summed E-state index contributed by atoms with van der Waals surface area (Å²) in [7, 11) is 1.62. The van der Waals surface area contributed by atoms with Gasteiger partial charge < -0.3 is 4.74 Å². The lowest BCUT2D eigenvalue weighted by Gasteiger charge is -2.22. The van der Waals surface area contributed by atoms with Crippen molar-refractivity contribution in [2.45, 2.75) is 26.8 Å². The fourth-order valence-electron chi connectivity index (χ4n) is 1.85. The number of ether oxygens (including phenoxy) is 1. The molecule has 0 atom stereocenters. The van der Waals surface area contributed by atoms with Gasteiger partial charge in [-0.1, -0.05) is 19.9 Å². The zero-order chi connectivity index (χ0) is 13.4. The second-order valence-electron chi connectivity index (χ2n) is 4.71. The van der Waals surface area contributed by atoms with Crippen molar-refractivity contribution >= 4 is 0 Å². The molecular weight excluding hydrogens is 226 g/mol. The Labute approximate surface area is 109 Å². The maximum atomic E-state index is 8.69. The van der Waals surface area contributed by atoms with E-state index in [2.05, 4.69) is 29.8 Å². The van der Waals surface area contributed by atoms with E-state index >= 15 is 0 Å². The van der Waals surface area contributed by atoms with Crippen LogP contribution < -0.4 is 4.74 Å². The summed E-state index contributed by atoms with van der Waals surface area (Å²) in [6.07, 6.45) is 0.552. The Balaban J connectivity index is 2.65. The normalized spacial score (nSPS) is 10.7. The molecule has 0 saturated heterocycles. The third-order valence-electron chi connectivity index (χ3n) is 2.54. The third-order valence-corrected chi connectivity index (χ3v) is 2.54. The van der Waals surface area contributed by atoms with Crippen molar-refractivity contribution in [1.29, 1.82) is 5.26 Å². The molecule has 18 heavy (non-hydrogen) atoms. The van der Waals surface area contributed by atoms with Gasteiger partial charge in [0.25, 0.3) is 0 Å². The lowest BCUT2D eigenvalue weighted by atomic mass is 10.2. The van der Waals surface area contributed by atoms with E-state index in [0.29, 0.717) is 18.2 Å². The summed E-state index contributed by atoms with van der Waals surface area (Å²) < 4.78 is 5.12. The van der Waals surface area contributed by atoms with Gasteiger partial charge in [-0.3, -0.25) is 4.90 Å². The van der Waals surface area contributed by atoms with Gasteiger partial charge in [-0.25, -0.2) is 4.98 Å². The number of pyridine rings is 1. The summed E-state index contributed by atoms with van der Waals surface area (Å²) in [5.74, 6) is 1.21. The van der Waals surface area contributed by atoms with Crippen LogP contribution in [0.3, 0.4) is 0 Å². The molecular formula is C14H21N3O. The van der Waals surface area contributed by atoms with Crippen LogP contribution in [0.15, 0.2) is 18.2 Å². The number of aromatic nitrogens is 1. The molecule has 0 aliphatic rings. The molecule has 0 radical (unpaired) electrons. The van der Waals surface area contributed by atoms with Crippen molar-refractivity contribution in [2.75, 3.05) is 20.2 Å². The minimum atomic E-state index is 0.552. The zero-order valence-electron chi connectivity index (χ0n) is 11.4. The number of nitriles is 1. The summed E-state index contributed by atoms with van der Waals surface area (Å²) in [5, 5.41) is 8.69. The summed E-state index contributed by atoms with van der Waals surface area (Å²) in [6.45, 7) is 6.88. The fourth-order valence-corrected chi connectivity index (χ4v) is 1.85. The average Bonchev–Trinajstić information content (AvgIpc) is 2.35. The van der Waals surface area contributed by atoms with Crippen molar-refractivity contribution in [3.05, 3.63) is 23.9 Å². The van der Waals surface area contributed by atoms with E-state index < -0.39 is 0 Å². The SMILES string of the molecule is COc1cccc(CN(CCC#N)CC(C)C)n1. The largest absolute Gasteiger partial charge is 0.481 e. The van der Waals surface area contributed by atoms with Crippen LogP contribution in [-0.4, -0.2) is 30.1 Å². The van der Waals surface area contributed by atoms with E-state index in [0.717, 1.165) is 25.3 Å². The van der Waals surface area contributed by atoms with Crippen LogP contribution in [0.2, 0.25) is 0 Å². The molecule has 0 N–H and O–H groups in total. The third kappa shape index (κ3) is 5.15. The van der Waals surface area contributed by atoms with E-state index in [4.69, 9.17) is 10.00 Å². The van der Waals surface area contributed by atoms with E-state index in [1.807, 2.05) is 18.2 Å². The van der Waals surface area contributed by atoms with Crippen LogP contribution >= 0.6 is 0 Å². The van der Waals surface area contributed by atoms with Crippen molar-refractivity contribution < 1.29 is 4.74 Å². The van der Waals surface area contributed by atoms with E-state index in [1.165, 1.54) is 0 Å². The molecule has 4 heteroatoms. The minimum Gasteiger partial charge on any atom is -0.481 e. The number of hydrogen-bond acceptors (Lipinski definition) is 4. The molecule has 98 valence electrons. The quantitative estimate of drug-likeness (QED) is 0.742. The number of nitrogens with zero attached hydrogens (tertiary/aromatic N) is 3. The lowest BCUT2D eigenvalue weighted by Crippen LogP contribution is -2.28. The second-order valence-corrected chi connectivity index (χ2v) is 4.71. The van der Waals surface area contributed by atoms with Gasteiger partial charge in [-0.15, -0.1) is 0 Å². The highest BCUT2D eigenvalue weighted by Crippen LogP contribution is 2.10. The highest BCUT2D eigenvalue weighted by atomic mass is 16.5. The molecule has 0 unspecified atom stereocenters. The van der Waals surface area contributed by atoms with Crippen LogP contribution in [0.4, 0.5) is 0 Å². The van der Waals surface area contributed by atoms with Gasteiger partial charge in [-0.2, -0.15) is 5.26 Å². The summed E-state index contributed by atoms with van der Waals surface area (Å²) in [5.41, 5.74) is 0.980. The zero-order valence-corrected chi connectivity index (χ0v) is 11.4. The molecule has 0 aromatic carbocycles. The molecule has 0 amide bonds. The van der Waals surface area contributed by atoms with Crippen LogP contribution in [0.1, 0.15) is 26.0 Å². The molecule has 1 rings (SSSR count). The van der Waals surface area contributed by atoms with Crippen LogP contribution in [0, 0.1) is 17.2 Å². The first kappa shape index (κ1) is 14.5. The first-order chi connectivity index (χ1) is 8.65. The Kier molecular flexibility index (Phi) is 6.16. The van der Waals surface area contributed by atoms with Gasteiger partial charge in [0.05, 0.1) is 18.9 Å². The van der Waals surface area contributed by atoms with Crippen LogP contribution in [-0.2, 0) is 6.54 Å². The number of methoxy groups -OCH3 is 1. The first-order valence-electron chi connectivity index (χ1n) is 6.25. The van der Waals surface area contributed by atoms with Crippen molar-refractivity contribution in [3.63, 3.8) is 0 Å². The Morgan fingerprint density at radius 1 is 1.44 bits per heavy atom. The molecule has 1 heterocycles. The number of rotatable bonds is 7. The van der Waals surface area contributed by atoms with Gasteiger partial charge in [0, 0.05) is 32.1 Å². The topological polar surface area (TPSA) is 49.1 Å². The van der Waals surface area contributed by atoms with E-state index in [9.17, 15) is 0 Å². The van der Waals surface area contributed by atoms with Gasteiger partial charge in [0.2, 0.25) is 5.88 Å². The predicted molar refractivity (Wildman–Crippen MR) is 71.1 cm³/mol. The molecule has 0 bridgehead atoms. The Bertz CT molecular complexity index is 398. The smallest absolute Gasteiger partial charge is 0.213 e. The summed E-state index contributed by atoms with van der Waals surface area (Å²) in [4.78, 5) is 6.66. The summed E-state index contributed by atoms with van der Waals surface area (Å²) in [6, 6.07) is 7.96. The Morgan fingerprint density at radius 2 is 2.22 bits per heavy atom.